The number of hydrogen-bond acceptors (Lipinski definition) is 4. The Hall–Kier alpha value is -0.240. The zero-order valence-corrected chi connectivity index (χ0v) is 14.5. The molecule has 5 nitrogen and oxygen atoms in total. The number of sulfonamides is 1. The maximum atomic E-state index is 12.4. The SMILES string of the molecule is COc1cc(Cl)c(S(=O)(=O)NC(CN)C2CC2)cc1Cl.Cl. The van der Waals surface area contributed by atoms with Gasteiger partial charge < -0.3 is 10.5 Å². The molecule has 0 amide bonds. The van der Waals surface area contributed by atoms with E-state index in [9.17, 15) is 8.42 Å². The molecule has 1 saturated carbocycles. The highest BCUT2D eigenvalue weighted by atomic mass is 35.5. The third-order valence-corrected chi connectivity index (χ3v) is 5.50. The van der Waals surface area contributed by atoms with E-state index in [0.717, 1.165) is 12.8 Å². The maximum absolute atomic E-state index is 12.4. The van der Waals surface area contributed by atoms with E-state index in [1.807, 2.05) is 0 Å². The molecule has 0 aromatic heterocycles. The number of nitrogens with one attached hydrogen (secondary N) is 1. The molecule has 0 spiro atoms. The number of halogens is 3. The number of ether oxygens (including phenoxy) is 1. The van der Waals surface area contributed by atoms with Crippen molar-refractivity contribution in [1.82, 2.24) is 4.72 Å². The average Bonchev–Trinajstić information content (AvgIpc) is 3.22. The highest BCUT2D eigenvalue weighted by Gasteiger charge is 2.34. The van der Waals surface area contributed by atoms with E-state index in [1.165, 1.54) is 19.2 Å². The summed E-state index contributed by atoms with van der Waals surface area (Å²) in [5, 5.41) is 0.248. The third kappa shape index (κ3) is 4.37. The van der Waals surface area contributed by atoms with Gasteiger partial charge in [0.2, 0.25) is 10.0 Å². The summed E-state index contributed by atoms with van der Waals surface area (Å²) in [5.41, 5.74) is 5.61. The van der Waals surface area contributed by atoms with Gasteiger partial charge in [-0.25, -0.2) is 13.1 Å². The van der Waals surface area contributed by atoms with Gasteiger partial charge in [0, 0.05) is 18.7 Å². The minimum Gasteiger partial charge on any atom is -0.495 e. The van der Waals surface area contributed by atoms with Crippen LogP contribution in [0.15, 0.2) is 17.0 Å². The van der Waals surface area contributed by atoms with E-state index < -0.39 is 10.0 Å². The van der Waals surface area contributed by atoms with Crippen LogP contribution in [0, 0.1) is 5.92 Å². The Morgan fingerprint density at radius 2 is 2.00 bits per heavy atom. The lowest BCUT2D eigenvalue weighted by molar-refractivity contribution is 0.414. The minimum absolute atomic E-state index is 0. The molecule has 0 saturated heterocycles. The predicted octanol–water partition coefficient (Wildman–Crippen LogP) is 2.44. The van der Waals surface area contributed by atoms with E-state index >= 15 is 0 Å². The van der Waals surface area contributed by atoms with Crippen molar-refractivity contribution < 1.29 is 13.2 Å². The zero-order valence-electron chi connectivity index (χ0n) is 11.3. The summed E-state index contributed by atoms with van der Waals surface area (Å²) in [4.78, 5) is -0.0657. The van der Waals surface area contributed by atoms with Crippen LogP contribution in [-0.2, 0) is 10.0 Å². The first kappa shape index (κ1) is 18.8. The molecule has 0 heterocycles. The first-order valence-electron chi connectivity index (χ1n) is 6.14. The van der Waals surface area contributed by atoms with Gasteiger partial charge in [-0.2, -0.15) is 0 Å². The van der Waals surface area contributed by atoms with Gasteiger partial charge in [0.25, 0.3) is 0 Å². The molecular formula is C12H17Cl3N2O3S. The van der Waals surface area contributed by atoms with Crippen LogP contribution in [0.25, 0.3) is 0 Å². The molecule has 0 aliphatic heterocycles. The smallest absolute Gasteiger partial charge is 0.242 e. The number of hydrogen-bond donors (Lipinski definition) is 2. The Labute approximate surface area is 140 Å². The monoisotopic (exact) mass is 374 g/mol. The molecule has 1 aliphatic carbocycles. The summed E-state index contributed by atoms with van der Waals surface area (Å²) in [6.45, 7) is 0.255. The van der Waals surface area contributed by atoms with E-state index in [1.54, 1.807) is 0 Å². The van der Waals surface area contributed by atoms with Crippen molar-refractivity contribution >= 4 is 45.6 Å². The van der Waals surface area contributed by atoms with Crippen LogP contribution in [0.1, 0.15) is 12.8 Å². The Bertz CT molecular complexity index is 606. The fraction of sp³-hybridized carbons (Fsp3) is 0.500. The van der Waals surface area contributed by atoms with Crippen LogP contribution in [0.2, 0.25) is 10.0 Å². The number of rotatable bonds is 6. The molecule has 1 unspecified atom stereocenters. The molecular weight excluding hydrogens is 359 g/mol. The molecule has 1 aromatic rings. The molecule has 1 aliphatic rings. The van der Waals surface area contributed by atoms with Gasteiger partial charge in [-0.1, -0.05) is 23.2 Å². The van der Waals surface area contributed by atoms with Gasteiger partial charge >= 0.3 is 0 Å². The average molecular weight is 376 g/mol. The standard InChI is InChI=1S/C12H16Cl2N2O3S.ClH/c1-19-11-4-9(14)12(5-8(11)13)20(17,18)16-10(6-15)7-2-3-7;/h4-5,7,10,16H,2-3,6,15H2,1H3;1H. The van der Waals surface area contributed by atoms with Crippen LogP contribution >= 0.6 is 35.6 Å². The van der Waals surface area contributed by atoms with Crippen LogP contribution in [-0.4, -0.2) is 28.1 Å². The third-order valence-electron chi connectivity index (χ3n) is 3.25. The molecule has 9 heteroatoms. The molecule has 1 atom stereocenters. The van der Waals surface area contributed by atoms with Gasteiger partial charge in [0.15, 0.2) is 0 Å². The number of nitrogens with two attached hydrogens (primary N) is 1. The van der Waals surface area contributed by atoms with E-state index in [4.69, 9.17) is 33.7 Å². The van der Waals surface area contributed by atoms with Crippen molar-refractivity contribution in [2.24, 2.45) is 11.7 Å². The topological polar surface area (TPSA) is 81.4 Å². The Morgan fingerprint density at radius 1 is 1.38 bits per heavy atom. The summed E-state index contributed by atoms with van der Waals surface area (Å²) < 4.78 is 32.3. The normalized spacial score (nSPS) is 16.2. The lowest BCUT2D eigenvalue weighted by Gasteiger charge is -2.17. The second-order valence-corrected chi connectivity index (χ2v) is 7.21. The molecule has 0 radical (unpaired) electrons. The highest BCUT2D eigenvalue weighted by molar-refractivity contribution is 7.89. The quantitative estimate of drug-likeness (QED) is 0.800. The van der Waals surface area contributed by atoms with Gasteiger partial charge in [0.1, 0.15) is 10.6 Å². The summed E-state index contributed by atoms with van der Waals surface area (Å²) in [6.07, 6.45) is 1.98. The van der Waals surface area contributed by atoms with Crippen molar-refractivity contribution in [3.63, 3.8) is 0 Å². The summed E-state index contributed by atoms with van der Waals surface area (Å²) in [5.74, 6) is 0.635. The molecule has 1 fully saturated rings. The summed E-state index contributed by atoms with van der Waals surface area (Å²) in [7, 11) is -2.32. The summed E-state index contributed by atoms with van der Waals surface area (Å²) in [6, 6.07) is 2.40. The lowest BCUT2D eigenvalue weighted by atomic mass is 10.2. The number of benzene rings is 1. The van der Waals surface area contributed by atoms with Crippen molar-refractivity contribution in [2.75, 3.05) is 13.7 Å². The molecule has 0 bridgehead atoms. The predicted molar refractivity (Wildman–Crippen MR) is 86.1 cm³/mol. The molecule has 21 heavy (non-hydrogen) atoms. The van der Waals surface area contributed by atoms with Crippen LogP contribution in [0.3, 0.4) is 0 Å². The highest BCUT2D eigenvalue weighted by Crippen LogP contribution is 2.35. The van der Waals surface area contributed by atoms with Gasteiger partial charge in [-0.05, 0) is 24.8 Å². The number of methoxy groups -OCH3 is 1. The van der Waals surface area contributed by atoms with Crippen LogP contribution in [0.4, 0.5) is 0 Å². The largest absolute Gasteiger partial charge is 0.495 e. The molecule has 2 rings (SSSR count). The van der Waals surface area contributed by atoms with Crippen molar-refractivity contribution in [2.45, 2.75) is 23.8 Å². The Morgan fingerprint density at radius 3 is 2.48 bits per heavy atom. The van der Waals surface area contributed by atoms with Gasteiger partial charge in [-0.15, -0.1) is 12.4 Å². The molecule has 120 valence electrons. The maximum Gasteiger partial charge on any atom is 0.242 e. The molecule has 1 aromatic carbocycles. The van der Waals surface area contributed by atoms with Crippen molar-refractivity contribution in [3.05, 3.63) is 22.2 Å². The van der Waals surface area contributed by atoms with E-state index in [-0.39, 0.29) is 39.9 Å². The van der Waals surface area contributed by atoms with Crippen molar-refractivity contribution in [3.8, 4) is 5.75 Å². The second-order valence-electron chi connectivity index (χ2n) is 4.72. The van der Waals surface area contributed by atoms with Gasteiger partial charge in [0.05, 0.1) is 17.2 Å². The fourth-order valence-electron chi connectivity index (χ4n) is 1.97. The van der Waals surface area contributed by atoms with Crippen LogP contribution < -0.4 is 15.2 Å². The van der Waals surface area contributed by atoms with Gasteiger partial charge in [-0.3, -0.25) is 0 Å². The fourth-order valence-corrected chi connectivity index (χ4v) is 4.14. The van der Waals surface area contributed by atoms with E-state index in [2.05, 4.69) is 4.72 Å². The summed E-state index contributed by atoms with van der Waals surface area (Å²) >= 11 is 11.9. The second kappa shape index (κ2) is 7.35. The zero-order chi connectivity index (χ0) is 14.9. The van der Waals surface area contributed by atoms with Crippen LogP contribution in [0.5, 0.6) is 5.75 Å². The lowest BCUT2D eigenvalue weighted by Crippen LogP contribution is -2.41. The first-order chi connectivity index (χ1) is 9.39. The Balaban J connectivity index is 0.00000220. The molecule has 3 N–H and O–H groups in total. The first-order valence-corrected chi connectivity index (χ1v) is 8.38. The minimum atomic E-state index is -3.76. The Kier molecular flexibility index (Phi) is 6.58. The van der Waals surface area contributed by atoms with Crippen molar-refractivity contribution in [1.29, 1.82) is 0 Å². The van der Waals surface area contributed by atoms with E-state index in [0.29, 0.717) is 11.7 Å².